The monoisotopic (exact) mass is 239 g/mol. The van der Waals surface area contributed by atoms with E-state index in [0.717, 1.165) is 0 Å². The molecule has 0 aromatic heterocycles. The first-order valence-electron chi connectivity index (χ1n) is 1.10. The molecule has 0 saturated carbocycles. The predicted octanol–water partition coefficient (Wildman–Crippen LogP) is -5.48. The van der Waals surface area contributed by atoms with Crippen LogP contribution in [0.3, 0.4) is 0 Å². The van der Waals surface area contributed by atoms with Gasteiger partial charge in [-0.25, -0.2) is 0 Å². The van der Waals surface area contributed by atoms with Gasteiger partial charge in [0, 0.05) is 0 Å². The molecule has 0 aliphatic heterocycles. The first-order valence-corrected chi connectivity index (χ1v) is 4.52. The molecule has 56 valence electrons. The van der Waals surface area contributed by atoms with E-state index >= 15 is 0 Å². The van der Waals surface area contributed by atoms with Crippen molar-refractivity contribution in [3.63, 3.8) is 0 Å². The second-order valence-corrected chi connectivity index (χ2v) is 1.84. The number of hydrogen-bond acceptors (Lipinski definition) is 6. The normalized spacial score (nSPS) is 5.00. The van der Waals surface area contributed by atoms with Crippen LogP contribution >= 0.6 is 0 Å². The van der Waals surface area contributed by atoms with Crippen molar-refractivity contribution < 1.29 is 83.1 Å². The van der Waals surface area contributed by atoms with Crippen LogP contribution in [-0.2, 0) is 45.5 Å². The van der Waals surface area contributed by atoms with Crippen molar-refractivity contribution in [1.29, 1.82) is 0 Å². The molecule has 0 spiro atoms. The molecule has 0 heterocycles. The average molecular weight is 239 g/mol. The van der Waals surface area contributed by atoms with E-state index in [4.69, 9.17) is 22.8 Å². The van der Waals surface area contributed by atoms with Gasteiger partial charge < -0.3 is 6.15 Å². The first-order chi connectivity index (χ1) is 3.46. The summed E-state index contributed by atoms with van der Waals surface area (Å²) in [4.78, 5) is 0. The fraction of sp³-hybridized carbons (Fsp3) is 0. The third-order valence-corrected chi connectivity index (χ3v) is 0. The number of quaternary nitrogens is 1. The van der Waals surface area contributed by atoms with E-state index in [1.165, 1.54) is 0 Å². The summed E-state index contributed by atoms with van der Waals surface area (Å²) in [7, 11) is 0. The van der Waals surface area contributed by atoms with Gasteiger partial charge >= 0.3 is 83.1 Å². The molecule has 0 atom stereocenters. The zero-order valence-electron chi connectivity index (χ0n) is 5.34. The molecule has 0 amide bonds. The molecule has 0 aliphatic rings. The zero-order chi connectivity index (χ0) is 7.15. The summed E-state index contributed by atoms with van der Waals surface area (Å²) in [5.41, 5.74) is 0. The molecule has 10 heavy (non-hydrogen) atoms. The molecule has 0 aromatic carbocycles. The second-order valence-electron chi connectivity index (χ2n) is 0.447. The van der Waals surface area contributed by atoms with E-state index in [0.29, 0.717) is 0 Å². The van der Waals surface area contributed by atoms with Crippen molar-refractivity contribution in [3.05, 3.63) is 0 Å². The van der Waals surface area contributed by atoms with Gasteiger partial charge in [-0.15, -0.1) is 0 Å². The molecule has 0 aromatic rings. The molecule has 7 nitrogen and oxygen atoms in total. The Morgan fingerprint density at radius 2 is 0.800 bits per heavy atom. The summed E-state index contributed by atoms with van der Waals surface area (Å²) in [5, 5.41) is 0. The van der Waals surface area contributed by atoms with Crippen molar-refractivity contribution in [3.8, 4) is 0 Å². The maximum absolute atomic E-state index is 8.56. The molecular weight excluding hydrogens is 235 g/mol. The molecule has 0 unspecified atom stereocenters. The van der Waals surface area contributed by atoms with Gasteiger partial charge in [0.15, 0.2) is 0 Å². The van der Waals surface area contributed by atoms with Crippen LogP contribution in [0.1, 0.15) is 0 Å². The molecule has 0 radical (unpaired) electrons. The van der Waals surface area contributed by atoms with Crippen LogP contribution in [0, 0.1) is 0 Å². The Morgan fingerprint density at radius 1 is 0.800 bits per heavy atom. The number of hydrogen-bond donors (Lipinski definition) is 1. The Balaban J connectivity index is -0.0000000300. The van der Waals surface area contributed by atoms with Crippen LogP contribution in [0.25, 0.3) is 0 Å². The van der Waals surface area contributed by atoms with Crippen LogP contribution in [-0.4, -0.2) is 0 Å². The quantitative estimate of drug-likeness (QED) is 0.416. The molecule has 0 saturated heterocycles. The Morgan fingerprint density at radius 3 is 0.800 bits per heavy atom. The van der Waals surface area contributed by atoms with E-state index in [1.54, 1.807) is 0 Å². The van der Waals surface area contributed by atoms with Gasteiger partial charge in [-0.1, -0.05) is 0 Å². The van der Waals surface area contributed by atoms with Crippen molar-refractivity contribution in [2.45, 2.75) is 0 Å². The van der Waals surface area contributed by atoms with Crippen molar-refractivity contribution in [2.75, 3.05) is 0 Å². The van der Waals surface area contributed by atoms with Crippen molar-refractivity contribution in [2.24, 2.45) is 0 Å². The average Bonchev–Trinajstić information content (AvgIpc) is 1.25. The second kappa shape index (κ2) is 16.7. The molecule has 0 aliphatic carbocycles. The van der Waals surface area contributed by atoms with Gasteiger partial charge in [-0.05, 0) is 0 Å². The van der Waals surface area contributed by atoms with Crippen LogP contribution in [0.2, 0.25) is 0 Å². The summed E-state index contributed by atoms with van der Waals surface area (Å²) < 4.78 is 51.4. The minimum atomic E-state index is -3.94. The van der Waals surface area contributed by atoms with Gasteiger partial charge in [-0.2, -0.15) is 0 Å². The summed E-state index contributed by atoms with van der Waals surface area (Å²) in [6.45, 7) is 0. The maximum atomic E-state index is 8.56. The third-order valence-electron chi connectivity index (χ3n) is 0. The van der Waals surface area contributed by atoms with Crippen LogP contribution in [0.15, 0.2) is 0 Å². The Bertz CT molecular complexity index is 133. The van der Waals surface area contributed by atoms with E-state index in [1.807, 2.05) is 0 Å². The fourth-order valence-electron chi connectivity index (χ4n) is 0. The summed E-state index contributed by atoms with van der Waals surface area (Å²) in [6, 6.07) is 0. The minimum absolute atomic E-state index is 0. The van der Waals surface area contributed by atoms with Gasteiger partial charge in [0.2, 0.25) is 0 Å². The molecule has 0 rings (SSSR count). The molecule has 4 N–H and O–H groups in total. The summed E-state index contributed by atoms with van der Waals surface area (Å²) >= 11 is -7.88. The Labute approximate surface area is 88.4 Å². The first kappa shape index (κ1) is 22.5. The number of rotatable bonds is 0. The van der Waals surface area contributed by atoms with Gasteiger partial charge in [0.25, 0.3) is 0 Å². The van der Waals surface area contributed by atoms with E-state index in [9.17, 15) is 0 Å². The Hall–Kier alpha value is 1.25. The van der Waals surface area contributed by atoms with E-state index in [-0.39, 0.29) is 35.7 Å². The SMILES string of the molecule is [NH4+].[Na+].[O]=[V](=[O])[O-].[O]=[V](=[O])[O-]. The third kappa shape index (κ3) is 404. The van der Waals surface area contributed by atoms with Crippen molar-refractivity contribution >= 4 is 0 Å². The molecule has 0 fully saturated rings. The van der Waals surface area contributed by atoms with E-state index in [2.05, 4.69) is 0 Å². The summed E-state index contributed by atoms with van der Waals surface area (Å²) in [6.07, 6.45) is 0. The molecule has 10 heteroatoms. The van der Waals surface area contributed by atoms with Crippen molar-refractivity contribution in [1.82, 2.24) is 6.15 Å². The van der Waals surface area contributed by atoms with Crippen LogP contribution < -0.4 is 43.8 Å². The van der Waals surface area contributed by atoms with Gasteiger partial charge in [0.1, 0.15) is 0 Å². The molecular formula is H4NNaO6V2. The zero-order valence-corrected chi connectivity index (χ0v) is 10.1. The Kier molecular flexibility index (Phi) is 37.5. The fourth-order valence-corrected chi connectivity index (χ4v) is 0. The van der Waals surface area contributed by atoms with Gasteiger partial charge in [0.05, 0.1) is 0 Å². The van der Waals surface area contributed by atoms with Gasteiger partial charge in [-0.3, -0.25) is 0 Å². The summed E-state index contributed by atoms with van der Waals surface area (Å²) in [5.74, 6) is 0. The van der Waals surface area contributed by atoms with Crippen LogP contribution in [0.4, 0.5) is 0 Å². The standard InChI is InChI=1S/H3N.Na.6O.2V/h1H3;;;;;;;;;/q;+1;;;;;2*-1;;/p+1. The predicted molar refractivity (Wildman–Crippen MR) is 8.73 cm³/mol. The van der Waals surface area contributed by atoms with E-state index < -0.39 is 30.8 Å². The van der Waals surface area contributed by atoms with Crippen LogP contribution in [0.5, 0.6) is 0 Å². The topological polar surface area (TPSA) is 151 Å². The molecule has 0 bridgehead atoms.